The van der Waals surface area contributed by atoms with Crippen molar-refractivity contribution < 1.29 is 34.2 Å². The third-order valence-electron chi connectivity index (χ3n) is 9.89. The predicted molar refractivity (Wildman–Crippen MR) is 195 cm³/mol. The maximum absolute atomic E-state index is 12.8. The second kappa shape index (κ2) is 28.9. The highest BCUT2D eigenvalue weighted by atomic mass is 16.4. The molecule has 0 aromatic carbocycles. The number of hydrogen-bond donors (Lipinski definition) is 5. The Morgan fingerprint density at radius 2 is 1.14 bits per heavy atom. The van der Waals surface area contributed by atoms with Crippen LogP contribution in [0.3, 0.4) is 0 Å². The lowest BCUT2D eigenvalue weighted by Gasteiger charge is -2.29. The lowest BCUT2D eigenvalue weighted by Crippen LogP contribution is -2.46. The quantitative estimate of drug-likeness (QED) is 0.0352. The van der Waals surface area contributed by atoms with Crippen molar-refractivity contribution in [2.24, 2.45) is 11.8 Å². The molecule has 1 saturated carbocycles. The number of carbonyl (C=O) groups is 5. The van der Waals surface area contributed by atoms with Gasteiger partial charge in [-0.15, -0.1) is 0 Å². The largest absolute Gasteiger partial charge is 0.480 e. The Bertz CT molecular complexity index is 949. The van der Waals surface area contributed by atoms with E-state index in [0.717, 1.165) is 57.1 Å². The monoisotopic (exact) mass is 692 g/mol. The third kappa shape index (κ3) is 23.2. The Balaban J connectivity index is 2.06. The van der Waals surface area contributed by atoms with E-state index in [9.17, 15) is 34.2 Å². The van der Waals surface area contributed by atoms with E-state index in [1.54, 1.807) is 0 Å². The molecule has 0 aliphatic heterocycles. The van der Waals surface area contributed by atoms with Crippen molar-refractivity contribution in [2.45, 2.75) is 186 Å². The minimum Gasteiger partial charge on any atom is -0.480 e. The van der Waals surface area contributed by atoms with Gasteiger partial charge >= 0.3 is 11.9 Å². The molecule has 10 heteroatoms. The molecular weight excluding hydrogens is 622 g/mol. The number of aliphatic carboxylic acids is 2. The van der Waals surface area contributed by atoms with E-state index in [-0.39, 0.29) is 24.7 Å². The number of aldehydes is 1. The Labute approximate surface area is 296 Å². The summed E-state index contributed by atoms with van der Waals surface area (Å²) < 4.78 is 0. The summed E-state index contributed by atoms with van der Waals surface area (Å²) in [6.45, 7) is 6.87. The molecule has 1 unspecified atom stereocenters. The van der Waals surface area contributed by atoms with Crippen LogP contribution in [0.4, 0.5) is 0 Å². The number of carboxylic acids is 2. The first kappa shape index (κ1) is 44.1. The smallest absolute Gasteiger partial charge is 0.326 e. The van der Waals surface area contributed by atoms with Crippen molar-refractivity contribution in [1.29, 1.82) is 0 Å². The van der Waals surface area contributed by atoms with Gasteiger partial charge in [-0.25, -0.2) is 9.59 Å². The molecule has 0 heterocycles. The van der Waals surface area contributed by atoms with E-state index in [4.69, 9.17) is 0 Å². The number of rotatable bonds is 32. The summed E-state index contributed by atoms with van der Waals surface area (Å²) in [7, 11) is 0. The molecule has 1 fully saturated rings. The van der Waals surface area contributed by atoms with Crippen LogP contribution in [0, 0.1) is 11.8 Å². The molecule has 1 aliphatic rings. The molecule has 1 aliphatic carbocycles. The number of nitrogens with one attached hydrogen (secondary N) is 3. The number of allylic oxidation sites excluding steroid dienone is 1. The topological polar surface area (TPSA) is 162 Å². The SMILES string of the molecule is C=C(CCCCCCCCCCCCCCCCCCC=O)NCC1CCC(C(=O)NC(CCC(=O)N[C@@H](CCC)C(=O)O)C(=O)O)CC1. The van der Waals surface area contributed by atoms with Gasteiger partial charge in [-0.1, -0.05) is 110 Å². The molecule has 5 N–H and O–H groups in total. The summed E-state index contributed by atoms with van der Waals surface area (Å²) in [4.78, 5) is 58.3. The lowest BCUT2D eigenvalue weighted by molar-refractivity contribution is -0.144. The van der Waals surface area contributed by atoms with Crippen molar-refractivity contribution >= 4 is 30.0 Å². The normalized spacial score (nSPS) is 17.1. The summed E-state index contributed by atoms with van der Waals surface area (Å²) in [5.41, 5.74) is 1.08. The number of carboxylic acid groups (broad SMARTS) is 2. The molecular formula is C39H69N3O7. The minimum absolute atomic E-state index is 0.0968. The van der Waals surface area contributed by atoms with Crippen LogP contribution in [-0.2, 0) is 24.0 Å². The van der Waals surface area contributed by atoms with Crippen LogP contribution in [0.5, 0.6) is 0 Å². The summed E-state index contributed by atoms with van der Waals surface area (Å²) >= 11 is 0. The van der Waals surface area contributed by atoms with Crippen LogP contribution in [0.25, 0.3) is 0 Å². The lowest BCUT2D eigenvalue weighted by atomic mass is 9.81. The van der Waals surface area contributed by atoms with Gasteiger partial charge in [0.2, 0.25) is 11.8 Å². The second-order valence-electron chi connectivity index (χ2n) is 14.2. The molecule has 2 amide bonds. The van der Waals surface area contributed by atoms with Crippen LogP contribution in [0.15, 0.2) is 12.3 Å². The van der Waals surface area contributed by atoms with Gasteiger partial charge in [-0.2, -0.15) is 0 Å². The Hall–Kier alpha value is -2.91. The molecule has 0 spiro atoms. The van der Waals surface area contributed by atoms with Crippen molar-refractivity contribution in [3.63, 3.8) is 0 Å². The van der Waals surface area contributed by atoms with E-state index in [0.29, 0.717) is 31.6 Å². The predicted octanol–water partition coefficient (Wildman–Crippen LogP) is 7.84. The van der Waals surface area contributed by atoms with Gasteiger partial charge in [0.25, 0.3) is 0 Å². The van der Waals surface area contributed by atoms with Crippen LogP contribution in [0.2, 0.25) is 0 Å². The van der Waals surface area contributed by atoms with Crippen molar-refractivity contribution in [3.8, 4) is 0 Å². The molecule has 10 nitrogen and oxygen atoms in total. The Morgan fingerprint density at radius 1 is 0.673 bits per heavy atom. The number of unbranched alkanes of at least 4 members (excludes halogenated alkanes) is 16. The van der Waals surface area contributed by atoms with Gasteiger partial charge in [0.1, 0.15) is 18.4 Å². The molecule has 282 valence electrons. The molecule has 49 heavy (non-hydrogen) atoms. The van der Waals surface area contributed by atoms with E-state index in [2.05, 4.69) is 22.5 Å². The van der Waals surface area contributed by atoms with E-state index in [1.807, 2.05) is 6.92 Å². The third-order valence-corrected chi connectivity index (χ3v) is 9.89. The van der Waals surface area contributed by atoms with Crippen LogP contribution < -0.4 is 16.0 Å². The van der Waals surface area contributed by atoms with Crippen molar-refractivity contribution in [3.05, 3.63) is 12.3 Å². The molecule has 0 saturated heterocycles. The van der Waals surface area contributed by atoms with Crippen LogP contribution >= 0.6 is 0 Å². The second-order valence-corrected chi connectivity index (χ2v) is 14.2. The first-order valence-corrected chi connectivity index (χ1v) is 19.6. The number of amides is 2. The molecule has 0 bridgehead atoms. The fraction of sp³-hybridized carbons (Fsp3) is 0.821. The standard InChI is InChI=1S/C39H69N3O7/c1-3-21-34(38(46)47)41-36(44)28-27-35(39(48)49)42-37(45)33-25-23-32(24-26-33)30-40-31(2)22-19-17-15-13-11-9-7-5-4-6-8-10-12-14-16-18-20-29-43/h29,32-35,40H,2-28,30H2,1H3,(H,41,44)(H,42,45)(H,46,47)(H,48,49)/t32?,33?,34-,35?/m0/s1. The minimum atomic E-state index is -1.20. The highest BCUT2D eigenvalue weighted by molar-refractivity contribution is 5.86. The Morgan fingerprint density at radius 3 is 1.61 bits per heavy atom. The summed E-state index contributed by atoms with van der Waals surface area (Å²) in [5, 5.41) is 27.3. The molecule has 0 aromatic heterocycles. The first-order chi connectivity index (χ1) is 23.7. The molecule has 2 atom stereocenters. The van der Waals surface area contributed by atoms with Gasteiger partial charge in [0.15, 0.2) is 0 Å². The highest BCUT2D eigenvalue weighted by Crippen LogP contribution is 2.29. The zero-order valence-electron chi connectivity index (χ0n) is 30.6. The number of hydrogen-bond acceptors (Lipinski definition) is 6. The zero-order valence-corrected chi connectivity index (χ0v) is 30.6. The zero-order chi connectivity index (χ0) is 36.1. The molecule has 0 aromatic rings. The van der Waals surface area contributed by atoms with Gasteiger partial charge in [-0.3, -0.25) is 9.59 Å². The van der Waals surface area contributed by atoms with Gasteiger partial charge in [0.05, 0.1) is 0 Å². The van der Waals surface area contributed by atoms with Crippen LogP contribution in [0.1, 0.15) is 174 Å². The van der Waals surface area contributed by atoms with Crippen LogP contribution in [-0.4, -0.2) is 58.9 Å². The fourth-order valence-corrected chi connectivity index (χ4v) is 6.68. The number of carbonyl (C=O) groups excluding carboxylic acids is 3. The fourth-order valence-electron chi connectivity index (χ4n) is 6.68. The van der Waals surface area contributed by atoms with E-state index in [1.165, 1.54) is 89.9 Å². The summed E-state index contributed by atoms with van der Waals surface area (Å²) in [6, 6.07) is -2.19. The van der Waals surface area contributed by atoms with Gasteiger partial charge in [-0.05, 0) is 63.7 Å². The average Bonchev–Trinajstić information content (AvgIpc) is 3.08. The van der Waals surface area contributed by atoms with Gasteiger partial charge < -0.3 is 31.0 Å². The maximum atomic E-state index is 12.8. The van der Waals surface area contributed by atoms with E-state index >= 15 is 0 Å². The van der Waals surface area contributed by atoms with Gasteiger partial charge in [0, 0.05) is 31.0 Å². The van der Waals surface area contributed by atoms with Crippen molar-refractivity contribution in [2.75, 3.05) is 6.54 Å². The van der Waals surface area contributed by atoms with Crippen molar-refractivity contribution in [1.82, 2.24) is 16.0 Å². The maximum Gasteiger partial charge on any atom is 0.326 e. The molecule has 0 radical (unpaired) electrons. The average molecular weight is 692 g/mol. The molecule has 1 rings (SSSR count). The summed E-state index contributed by atoms with van der Waals surface area (Å²) in [6.07, 6.45) is 27.2. The Kier molecular flexibility index (Phi) is 26.0. The van der Waals surface area contributed by atoms with E-state index < -0.39 is 29.9 Å². The first-order valence-electron chi connectivity index (χ1n) is 19.6. The summed E-state index contributed by atoms with van der Waals surface area (Å²) in [5.74, 6) is -2.95. The highest BCUT2D eigenvalue weighted by Gasteiger charge is 2.30.